The second kappa shape index (κ2) is 7.81. The van der Waals surface area contributed by atoms with Crippen LogP contribution in [-0.4, -0.2) is 33.0 Å². The van der Waals surface area contributed by atoms with Gasteiger partial charge in [-0.15, -0.1) is 0 Å². The molecular formula is C19H21N3O4S. The van der Waals surface area contributed by atoms with E-state index < -0.39 is 10.0 Å². The maximum absolute atomic E-state index is 12.2. The van der Waals surface area contributed by atoms with Crippen molar-refractivity contribution in [1.82, 2.24) is 10.3 Å². The molecule has 0 fully saturated rings. The predicted octanol–water partition coefficient (Wildman–Crippen LogP) is 1.73. The number of nitrogens with one attached hydrogen (secondary N) is 2. The van der Waals surface area contributed by atoms with E-state index in [1.807, 2.05) is 24.4 Å². The SMILES string of the molecule is COc1ccc2[nH]cc(CC(=O)NCCc3ccc(S(N)(=O)=O)cc3)c2c1. The van der Waals surface area contributed by atoms with Crippen LogP contribution in [0.15, 0.2) is 53.6 Å². The van der Waals surface area contributed by atoms with Gasteiger partial charge in [-0.05, 0) is 47.9 Å². The molecule has 7 nitrogen and oxygen atoms in total. The second-order valence-corrected chi connectivity index (χ2v) is 7.75. The minimum atomic E-state index is -3.69. The number of aromatic nitrogens is 1. The van der Waals surface area contributed by atoms with Crippen molar-refractivity contribution in [3.8, 4) is 5.75 Å². The van der Waals surface area contributed by atoms with Crippen LogP contribution >= 0.6 is 0 Å². The summed E-state index contributed by atoms with van der Waals surface area (Å²) in [5.74, 6) is 0.659. The molecule has 142 valence electrons. The van der Waals surface area contributed by atoms with Gasteiger partial charge < -0.3 is 15.0 Å². The molecule has 1 amide bonds. The Morgan fingerprint density at radius 3 is 2.59 bits per heavy atom. The summed E-state index contributed by atoms with van der Waals surface area (Å²) in [5.41, 5.74) is 2.77. The van der Waals surface area contributed by atoms with E-state index in [9.17, 15) is 13.2 Å². The van der Waals surface area contributed by atoms with Crippen molar-refractivity contribution in [1.29, 1.82) is 0 Å². The zero-order chi connectivity index (χ0) is 19.4. The number of methoxy groups -OCH3 is 1. The summed E-state index contributed by atoms with van der Waals surface area (Å²) in [4.78, 5) is 15.5. The van der Waals surface area contributed by atoms with Crippen LogP contribution in [0, 0.1) is 0 Å². The van der Waals surface area contributed by atoms with Gasteiger partial charge in [-0.3, -0.25) is 4.79 Å². The highest BCUT2D eigenvalue weighted by Gasteiger charge is 2.10. The van der Waals surface area contributed by atoms with Crippen molar-refractivity contribution in [2.75, 3.05) is 13.7 Å². The van der Waals surface area contributed by atoms with Crippen molar-refractivity contribution in [3.05, 3.63) is 59.8 Å². The van der Waals surface area contributed by atoms with Gasteiger partial charge in [0.15, 0.2) is 0 Å². The Kier molecular flexibility index (Phi) is 5.48. The van der Waals surface area contributed by atoms with Crippen molar-refractivity contribution in [3.63, 3.8) is 0 Å². The molecule has 0 aliphatic rings. The van der Waals surface area contributed by atoms with Crippen LogP contribution in [0.2, 0.25) is 0 Å². The average Bonchev–Trinajstić information content (AvgIpc) is 3.03. The number of ether oxygens (including phenoxy) is 1. The number of benzene rings is 2. The molecule has 0 bridgehead atoms. The molecule has 1 heterocycles. The van der Waals surface area contributed by atoms with Crippen LogP contribution < -0.4 is 15.2 Å². The molecule has 0 saturated heterocycles. The number of rotatable bonds is 7. The molecule has 3 aromatic rings. The largest absolute Gasteiger partial charge is 0.497 e. The number of primary sulfonamides is 1. The molecule has 0 aliphatic carbocycles. The van der Waals surface area contributed by atoms with Crippen LogP contribution in [0.25, 0.3) is 10.9 Å². The van der Waals surface area contributed by atoms with Crippen LogP contribution in [0.3, 0.4) is 0 Å². The first-order valence-corrected chi connectivity index (χ1v) is 9.94. The van der Waals surface area contributed by atoms with E-state index >= 15 is 0 Å². The Morgan fingerprint density at radius 2 is 1.93 bits per heavy atom. The van der Waals surface area contributed by atoms with E-state index in [4.69, 9.17) is 9.88 Å². The van der Waals surface area contributed by atoms with Crippen molar-refractivity contribution < 1.29 is 17.9 Å². The van der Waals surface area contributed by atoms with Gasteiger partial charge in [0.05, 0.1) is 18.4 Å². The molecule has 0 radical (unpaired) electrons. The summed E-state index contributed by atoms with van der Waals surface area (Å²) < 4.78 is 27.7. The van der Waals surface area contributed by atoms with Crippen molar-refractivity contribution in [2.24, 2.45) is 5.14 Å². The molecule has 0 saturated carbocycles. The summed E-state index contributed by atoms with van der Waals surface area (Å²) >= 11 is 0. The molecule has 0 unspecified atom stereocenters. The molecule has 4 N–H and O–H groups in total. The number of nitrogens with two attached hydrogens (primary N) is 1. The van der Waals surface area contributed by atoms with Crippen LogP contribution in [0.1, 0.15) is 11.1 Å². The zero-order valence-electron chi connectivity index (χ0n) is 14.9. The fraction of sp³-hybridized carbons (Fsp3) is 0.211. The first-order chi connectivity index (χ1) is 12.9. The van der Waals surface area contributed by atoms with Gasteiger partial charge >= 0.3 is 0 Å². The Labute approximate surface area is 157 Å². The number of hydrogen-bond donors (Lipinski definition) is 3. The molecule has 0 atom stereocenters. The van der Waals surface area contributed by atoms with Gasteiger partial charge in [0, 0.05) is 23.6 Å². The Bertz CT molecular complexity index is 1060. The number of aromatic amines is 1. The zero-order valence-corrected chi connectivity index (χ0v) is 15.7. The summed E-state index contributed by atoms with van der Waals surface area (Å²) in [6, 6.07) is 12.0. The second-order valence-electron chi connectivity index (χ2n) is 6.19. The lowest BCUT2D eigenvalue weighted by molar-refractivity contribution is -0.120. The van der Waals surface area contributed by atoms with Gasteiger partial charge in [-0.25, -0.2) is 13.6 Å². The monoisotopic (exact) mass is 387 g/mol. The number of fused-ring (bicyclic) bond motifs is 1. The topological polar surface area (TPSA) is 114 Å². The molecule has 8 heteroatoms. The highest BCUT2D eigenvalue weighted by molar-refractivity contribution is 7.89. The standard InChI is InChI=1S/C19H21N3O4S/c1-26-15-4-7-18-17(11-15)14(12-22-18)10-19(23)21-9-8-13-2-5-16(6-3-13)27(20,24)25/h2-7,11-12,22H,8-10H2,1H3,(H,21,23)(H2,20,24,25). The summed E-state index contributed by atoms with van der Waals surface area (Å²) in [5, 5.41) is 8.92. The lowest BCUT2D eigenvalue weighted by atomic mass is 10.1. The maximum atomic E-state index is 12.2. The Morgan fingerprint density at radius 1 is 1.19 bits per heavy atom. The number of carbonyl (C=O) groups excluding carboxylic acids is 1. The molecule has 3 rings (SSSR count). The number of amides is 1. The van der Waals surface area contributed by atoms with Gasteiger partial charge in [0.25, 0.3) is 0 Å². The number of carbonyl (C=O) groups is 1. The van der Waals surface area contributed by atoms with Gasteiger partial charge in [0.2, 0.25) is 15.9 Å². The van der Waals surface area contributed by atoms with E-state index in [1.54, 1.807) is 19.2 Å². The minimum absolute atomic E-state index is 0.0741. The lowest BCUT2D eigenvalue weighted by Crippen LogP contribution is -2.27. The van der Waals surface area contributed by atoms with E-state index in [2.05, 4.69) is 10.3 Å². The van der Waals surface area contributed by atoms with Crippen molar-refractivity contribution >= 4 is 26.8 Å². The number of sulfonamides is 1. The summed E-state index contributed by atoms with van der Waals surface area (Å²) in [6.45, 7) is 0.458. The third-order valence-electron chi connectivity index (χ3n) is 4.31. The molecular weight excluding hydrogens is 366 g/mol. The summed E-state index contributed by atoms with van der Waals surface area (Å²) in [7, 11) is -2.08. The van der Waals surface area contributed by atoms with Crippen LogP contribution in [0.4, 0.5) is 0 Å². The maximum Gasteiger partial charge on any atom is 0.238 e. The minimum Gasteiger partial charge on any atom is -0.497 e. The normalized spacial score (nSPS) is 11.5. The van der Waals surface area contributed by atoms with Gasteiger partial charge in [-0.2, -0.15) is 0 Å². The van der Waals surface area contributed by atoms with Gasteiger partial charge in [0.1, 0.15) is 5.75 Å². The Balaban J connectivity index is 1.56. The van der Waals surface area contributed by atoms with E-state index in [1.165, 1.54) is 12.1 Å². The molecule has 27 heavy (non-hydrogen) atoms. The Hall–Kier alpha value is -2.84. The van der Waals surface area contributed by atoms with E-state index in [0.717, 1.165) is 27.8 Å². The molecule has 0 spiro atoms. The molecule has 1 aromatic heterocycles. The first-order valence-electron chi connectivity index (χ1n) is 8.39. The van der Waals surface area contributed by atoms with E-state index in [-0.39, 0.29) is 17.2 Å². The smallest absolute Gasteiger partial charge is 0.238 e. The fourth-order valence-corrected chi connectivity index (χ4v) is 3.37. The quantitative estimate of drug-likeness (QED) is 0.573. The molecule has 2 aromatic carbocycles. The van der Waals surface area contributed by atoms with Crippen LogP contribution in [0.5, 0.6) is 5.75 Å². The van der Waals surface area contributed by atoms with Crippen LogP contribution in [-0.2, 0) is 27.7 Å². The number of H-pyrrole nitrogens is 1. The predicted molar refractivity (Wildman–Crippen MR) is 103 cm³/mol. The highest BCUT2D eigenvalue weighted by Crippen LogP contribution is 2.23. The first kappa shape index (κ1) is 18.9. The molecule has 0 aliphatic heterocycles. The highest BCUT2D eigenvalue weighted by atomic mass is 32.2. The van der Waals surface area contributed by atoms with Gasteiger partial charge in [-0.1, -0.05) is 12.1 Å². The fourth-order valence-electron chi connectivity index (χ4n) is 2.86. The third-order valence-corrected chi connectivity index (χ3v) is 5.24. The third kappa shape index (κ3) is 4.66. The summed E-state index contributed by atoms with van der Waals surface area (Å²) in [6.07, 6.45) is 2.69. The number of hydrogen-bond acceptors (Lipinski definition) is 4. The van der Waals surface area contributed by atoms with Crippen molar-refractivity contribution in [2.45, 2.75) is 17.7 Å². The average molecular weight is 387 g/mol. The lowest BCUT2D eigenvalue weighted by Gasteiger charge is -2.06. The van der Waals surface area contributed by atoms with E-state index in [0.29, 0.717) is 13.0 Å².